The maximum Gasteiger partial charge on any atom is 0.222 e. The van der Waals surface area contributed by atoms with Crippen molar-refractivity contribution in [2.75, 3.05) is 13.1 Å². The van der Waals surface area contributed by atoms with Crippen molar-refractivity contribution in [1.82, 2.24) is 15.0 Å². The summed E-state index contributed by atoms with van der Waals surface area (Å²) in [6.07, 6.45) is 5.80. The van der Waals surface area contributed by atoms with Crippen molar-refractivity contribution < 1.29 is 14.1 Å². The van der Waals surface area contributed by atoms with Crippen LogP contribution in [0.5, 0.6) is 0 Å². The number of aryl methyl sites for hydroxylation is 2. The first-order chi connectivity index (χ1) is 12.1. The zero-order chi connectivity index (χ0) is 17.8. The van der Waals surface area contributed by atoms with Crippen LogP contribution in [0.1, 0.15) is 46.6 Å². The summed E-state index contributed by atoms with van der Waals surface area (Å²) in [6.45, 7) is 5.04. The van der Waals surface area contributed by atoms with Gasteiger partial charge in [0.2, 0.25) is 5.91 Å². The second-order valence-corrected chi connectivity index (χ2v) is 6.56. The molecule has 2 aromatic heterocycles. The average molecular weight is 341 g/mol. The highest BCUT2D eigenvalue weighted by atomic mass is 16.5. The summed E-state index contributed by atoms with van der Waals surface area (Å²) in [4.78, 5) is 30.8. The maximum absolute atomic E-state index is 12.5. The average Bonchev–Trinajstić information content (AvgIpc) is 2.98. The van der Waals surface area contributed by atoms with Gasteiger partial charge in [-0.3, -0.25) is 14.6 Å². The molecule has 0 radical (unpaired) electrons. The van der Waals surface area contributed by atoms with E-state index in [1.807, 2.05) is 18.7 Å². The number of carbonyl (C=O) groups excluding carboxylic acids is 2. The van der Waals surface area contributed by atoms with E-state index in [4.69, 9.17) is 4.52 Å². The quantitative estimate of drug-likeness (QED) is 0.782. The first-order valence-corrected chi connectivity index (χ1v) is 8.70. The van der Waals surface area contributed by atoms with Gasteiger partial charge < -0.3 is 9.42 Å². The van der Waals surface area contributed by atoms with Gasteiger partial charge in [-0.05, 0) is 45.2 Å². The molecule has 0 spiro atoms. The Hall–Kier alpha value is -2.50. The summed E-state index contributed by atoms with van der Waals surface area (Å²) in [5.74, 6) is 1.03. The number of nitrogens with zero attached hydrogens (tertiary/aromatic N) is 3. The molecule has 0 N–H and O–H groups in total. The third-order valence-corrected chi connectivity index (χ3v) is 4.93. The summed E-state index contributed by atoms with van der Waals surface area (Å²) in [5.41, 5.74) is 2.53. The van der Waals surface area contributed by atoms with E-state index in [9.17, 15) is 9.59 Å². The number of Topliss-reactive ketones (excluding diaryl/α,β-unsaturated/α-hetero) is 1. The Morgan fingerprint density at radius 1 is 1.28 bits per heavy atom. The Labute approximate surface area is 147 Å². The molecule has 0 aromatic carbocycles. The molecule has 0 bridgehead atoms. The number of ketones is 1. The van der Waals surface area contributed by atoms with Crippen LogP contribution in [0.4, 0.5) is 0 Å². The van der Waals surface area contributed by atoms with Crippen molar-refractivity contribution in [3.63, 3.8) is 0 Å². The summed E-state index contributed by atoms with van der Waals surface area (Å²) < 4.78 is 5.14. The summed E-state index contributed by atoms with van der Waals surface area (Å²) in [5, 5.41) is 3.92. The number of amides is 1. The first kappa shape index (κ1) is 17.3. The Morgan fingerprint density at radius 2 is 2.04 bits per heavy atom. The highest BCUT2D eigenvalue weighted by molar-refractivity contribution is 5.97. The standard InChI is InChI=1S/C19H23N3O3/c1-13-17(14(2)25-21-13)5-6-18(23)22-10-7-15(8-11-22)19(24)16-4-3-9-20-12-16/h3-4,9,12,15H,5-8,10-11H2,1-2H3. The zero-order valence-electron chi connectivity index (χ0n) is 14.7. The number of likely N-dealkylation sites (tertiary alicyclic amines) is 1. The van der Waals surface area contributed by atoms with Crippen molar-refractivity contribution in [2.24, 2.45) is 5.92 Å². The van der Waals surface area contributed by atoms with Gasteiger partial charge in [0, 0.05) is 48.9 Å². The molecule has 0 aliphatic carbocycles. The molecule has 25 heavy (non-hydrogen) atoms. The number of hydrogen-bond donors (Lipinski definition) is 0. The number of rotatable bonds is 5. The van der Waals surface area contributed by atoms with Crippen LogP contribution in [-0.2, 0) is 11.2 Å². The molecule has 6 nitrogen and oxygen atoms in total. The van der Waals surface area contributed by atoms with Crippen LogP contribution in [0.3, 0.4) is 0 Å². The molecule has 6 heteroatoms. The normalized spacial score (nSPS) is 15.4. The third-order valence-electron chi connectivity index (χ3n) is 4.93. The first-order valence-electron chi connectivity index (χ1n) is 8.70. The highest BCUT2D eigenvalue weighted by Crippen LogP contribution is 2.22. The second kappa shape index (κ2) is 7.59. The van der Waals surface area contributed by atoms with Crippen LogP contribution in [0.15, 0.2) is 29.0 Å². The predicted octanol–water partition coefficient (Wildman–Crippen LogP) is 2.74. The fourth-order valence-electron chi connectivity index (χ4n) is 3.38. The van der Waals surface area contributed by atoms with E-state index in [0.717, 1.165) is 17.0 Å². The van der Waals surface area contributed by atoms with Crippen molar-refractivity contribution in [3.8, 4) is 0 Å². The Bertz CT molecular complexity index is 727. The van der Waals surface area contributed by atoms with E-state index in [0.29, 0.717) is 44.3 Å². The predicted molar refractivity (Wildman–Crippen MR) is 92.2 cm³/mol. The minimum atomic E-state index is -0.0178. The van der Waals surface area contributed by atoms with E-state index >= 15 is 0 Å². The fourth-order valence-corrected chi connectivity index (χ4v) is 3.38. The monoisotopic (exact) mass is 341 g/mol. The number of piperidine rings is 1. The van der Waals surface area contributed by atoms with Crippen molar-refractivity contribution in [1.29, 1.82) is 0 Å². The Balaban J connectivity index is 1.50. The second-order valence-electron chi connectivity index (χ2n) is 6.56. The highest BCUT2D eigenvalue weighted by Gasteiger charge is 2.28. The maximum atomic E-state index is 12.5. The van der Waals surface area contributed by atoms with Crippen molar-refractivity contribution in [2.45, 2.75) is 39.5 Å². The lowest BCUT2D eigenvalue weighted by atomic mass is 9.89. The Morgan fingerprint density at radius 3 is 2.64 bits per heavy atom. The minimum absolute atomic E-state index is 0.0178. The Kier molecular flexibility index (Phi) is 5.26. The number of pyridine rings is 1. The SMILES string of the molecule is Cc1noc(C)c1CCC(=O)N1CCC(C(=O)c2cccnc2)CC1. The summed E-state index contributed by atoms with van der Waals surface area (Å²) in [7, 11) is 0. The van der Waals surface area contributed by atoms with Gasteiger partial charge in [0.05, 0.1) is 5.69 Å². The van der Waals surface area contributed by atoms with Gasteiger partial charge in [-0.2, -0.15) is 0 Å². The minimum Gasteiger partial charge on any atom is -0.361 e. The lowest BCUT2D eigenvalue weighted by Gasteiger charge is -2.31. The lowest BCUT2D eigenvalue weighted by molar-refractivity contribution is -0.132. The largest absolute Gasteiger partial charge is 0.361 e. The summed E-state index contributed by atoms with van der Waals surface area (Å²) in [6, 6.07) is 3.58. The van der Waals surface area contributed by atoms with Gasteiger partial charge in [-0.1, -0.05) is 5.16 Å². The van der Waals surface area contributed by atoms with Gasteiger partial charge in [0.15, 0.2) is 5.78 Å². The van der Waals surface area contributed by atoms with Gasteiger partial charge in [-0.25, -0.2) is 0 Å². The molecule has 0 unspecified atom stereocenters. The van der Waals surface area contributed by atoms with Gasteiger partial charge in [0.25, 0.3) is 0 Å². The molecule has 2 aromatic rings. The molecule has 1 saturated heterocycles. The van der Waals surface area contributed by atoms with E-state index in [1.54, 1.807) is 24.5 Å². The molecule has 0 atom stereocenters. The molecule has 1 amide bonds. The smallest absolute Gasteiger partial charge is 0.222 e. The van der Waals surface area contributed by atoms with Crippen LogP contribution in [-0.4, -0.2) is 39.8 Å². The number of carbonyl (C=O) groups is 2. The van der Waals surface area contributed by atoms with Crippen LogP contribution in [0.25, 0.3) is 0 Å². The lowest BCUT2D eigenvalue weighted by Crippen LogP contribution is -2.40. The third kappa shape index (κ3) is 3.95. The topological polar surface area (TPSA) is 76.3 Å². The van der Waals surface area contributed by atoms with Crippen molar-refractivity contribution in [3.05, 3.63) is 47.1 Å². The molecule has 0 saturated carbocycles. The molecule has 1 fully saturated rings. The number of hydrogen-bond acceptors (Lipinski definition) is 5. The van der Waals surface area contributed by atoms with Gasteiger partial charge >= 0.3 is 0 Å². The molecular weight excluding hydrogens is 318 g/mol. The molecule has 1 aliphatic rings. The fraction of sp³-hybridized carbons (Fsp3) is 0.474. The number of aromatic nitrogens is 2. The van der Waals surface area contributed by atoms with E-state index in [2.05, 4.69) is 10.1 Å². The molecular formula is C19H23N3O3. The molecule has 3 heterocycles. The van der Waals surface area contributed by atoms with Gasteiger partial charge in [0.1, 0.15) is 5.76 Å². The van der Waals surface area contributed by atoms with Gasteiger partial charge in [-0.15, -0.1) is 0 Å². The molecule has 132 valence electrons. The van der Waals surface area contributed by atoms with E-state index < -0.39 is 0 Å². The van der Waals surface area contributed by atoms with Crippen LogP contribution < -0.4 is 0 Å². The summed E-state index contributed by atoms with van der Waals surface area (Å²) >= 11 is 0. The molecule has 3 rings (SSSR count). The molecule has 1 aliphatic heterocycles. The van der Waals surface area contributed by atoms with Crippen LogP contribution >= 0.6 is 0 Å². The zero-order valence-corrected chi connectivity index (χ0v) is 14.7. The van der Waals surface area contributed by atoms with Crippen LogP contribution in [0.2, 0.25) is 0 Å². The van der Waals surface area contributed by atoms with E-state index in [1.165, 1.54) is 0 Å². The van der Waals surface area contributed by atoms with Crippen molar-refractivity contribution >= 4 is 11.7 Å². The van der Waals surface area contributed by atoms with Crippen LogP contribution in [0, 0.1) is 19.8 Å². The van der Waals surface area contributed by atoms with E-state index in [-0.39, 0.29) is 17.6 Å².